The molecular weight excluding hydrogens is 262 g/mol. The molecule has 1 heterocycles. The summed E-state index contributed by atoms with van der Waals surface area (Å²) in [5, 5.41) is 13.4. The molecule has 0 spiro atoms. The highest BCUT2D eigenvalue weighted by Crippen LogP contribution is 2.21. The molecule has 0 radical (unpaired) electrons. The summed E-state index contributed by atoms with van der Waals surface area (Å²) in [5.74, 6) is 1.08. The fourth-order valence-electron chi connectivity index (χ4n) is 1.21. The Morgan fingerprint density at radius 3 is 2.94 bits per heavy atom. The van der Waals surface area contributed by atoms with Gasteiger partial charge in [0.25, 0.3) is 0 Å². The summed E-state index contributed by atoms with van der Waals surface area (Å²) in [6, 6.07) is 0.237. The third-order valence-electron chi connectivity index (χ3n) is 2.00. The van der Waals surface area contributed by atoms with Gasteiger partial charge in [-0.15, -0.1) is 0 Å². The standard InChI is InChI=1S/C10H16ClN3O2S/c1-10(15,6-17-3)5-13-8-7(11)4-12-9(14-8)16-2/h4,15H,5-6H2,1-3H3,(H,12,13,14). The van der Waals surface area contributed by atoms with Crippen molar-refractivity contribution in [2.75, 3.05) is 31.0 Å². The Morgan fingerprint density at radius 2 is 2.35 bits per heavy atom. The van der Waals surface area contributed by atoms with Crippen LogP contribution in [0.2, 0.25) is 5.02 Å². The van der Waals surface area contributed by atoms with Crippen molar-refractivity contribution in [1.29, 1.82) is 0 Å². The van der Waals surface area contributed by atoms with Gasteiger partial charge in [-0.25, -0.2) is 4.98 Å². The van der Waals surface area contributed by atoms with Crippen LogP contribution in [-0.4, -0.2) is 46.3 Å². The van der Waals surface area contributed by atoms with Crippen molar-refractivity contribution in [2.45, 2.75) is 12.5 Å². The lowest BCUT2D eigenvalue weighted by molar-refractivity contribution is 0.0996. The smallest absolute Gasteiger partial charge is 0.318 e. The first-order valence-electron chi connectivity index (χ1n) is 5.00. The predicted octanol–water partition coefficient (Wildman–Crippen LogP) is 1.66. The number of nitrogens with zero attached hydrogens (tertiary/aromatic N) is 2. The Balaban J connectivity index is 2.68. The van der Waals surface area contributed by atoms with E-state index in [9.17, 15) is 5.11 Å². The minimum atomic E-state index is -0.819. The van der Waals surface area contributed by atoms with Gasteiger partial charge in [-0.1, -0.05) is 11.6 Å². The Labute approximate surface area is 110 Å². The minimum absolute atomic E-state index is 0.237. The molecule has 0 saturated carbocycles. The van der Waals surface area contributed by atoms with Crippen molar-refractivity contribution in [2.24, 2.45) is 0 Å². The molecule has 7 heteroatoms. The number of nitrogens with one attached hydrogen (secondary N) is 1. The van der Waals surface area contributed by atoms with E-state index in [1.54, 1.807) is 18.7 Å². The largest absolute Gasteiger partial charge is 0.467 e. The number of thioether (sulfide) groups is 1. The molecule has 1 atom stereocenters. The van der Waals surface area contributed by atoms with Crippen molar-refractivity contribution in [3.8, 4) is 6.01 Å². The summed E-state index contributed by atoms with van der Waals surface area (Å²) in [6.45, 7) is 2.11. The number of hydrogen-bond donors (Lipinski definition) is 2. The number of ether oxygens (including phenoxy) is 1. The molecule has 0 saturated heterocycles. The monoisotopic (exact) mass is 277 g/mol. The molecular formula is C10H16ClN3O2S. The lowest BCUT2D eigenvalue weighted by atomic mass is 10.1. The second-order valence-electron chi connectivity index (χ2n) is 3.84. The molecule has 1 rings (SSSR count). The Morgan fingerprint density at radius 1 is 1.65 bits per heavy atom. The summed E-state index contributed by atoms with van der Waals surface area (Å²) < 4.78 is 4.90. The summed E-state index contributed by atoms with van der Waals surface area (Å²) in [6.07, 6.45) is 3.40. The van der Waals surface area contributed by atoms with Crippen LogP contribution in [0.4, 0.5) is 5.82 Å². The molecule has 96 valence electrons. The molecule has 0 aliphatic carbocycles. The zero-order valence-electron chi connectivity index (χ0n) is 10.0. The van der Waals surface area contributed by atoms with Crippen LogP contribution >= 0.6 is 23.4 Å². The van der Waals surface area contributed by atoms with Crippen LogP contribution in [0.1, 0.15) is 6.92 Å². The van der Waals surface area contributed by atoms with Crippen LogP contribution < -0.4 is 10.1 Å². The third-order valence-corrected chi connectivity index (χ3v) is 3.18. The number of halogens is 1. The van der Waals surface area contributed by atoms with Gasteiger partial charge in [0.05, 0.1) is 18.9 Å². The van der Waals surface area contributed by atoms with Gasteiger partial charge in [0.2, 0.25) is 0 Å². The number of aromatic nitrogens is 2. The van der Waals surface area contributed by atoms with Crippen molar-refractivity contribution in [3.63, 3.8) is 0 Å². The fraction of sp³-hybridized carbons (Fsp3) is 0.600. The van der Waals surface area contributed by atoms with Gasteiger partial charge in [-0.3, -0.25) is 0 Å². The molecule has 0 aromatic carbocycles. The molecule has 0 amide bonds. The highest BCUT2D eigenvalue weighted by Gasteiger charge is 2.20. The average Bonchev–Trinajstić information content (AvgIpc) is 2.28. The Kier molecular flexibility index (Phi) is 5.30. The molecule has 2 N–H and O–H groups in total. The first-order chi connectivity index (χ1) is 7.98. The number of aliphatic hydroxyl groups is 1. The SMILES string of the molecule is COc1ncc(Cl)c(NCC(C)(O)CSC)n1. The first-order valence-corrected chi connectivity index (χ1v) is 6.77. The molecule has 1 aromatic heterocycles. The van der Waals surface area contributed by atoms with Crippen molar-refractivity contribution in [1.82, 2.24) is 9.97 Å². The molecule has 5 nitrogen and oxygen atoms in total. The maximum Gasteiger partial charge on any atom is 0.318 e. The van der Waals surface area contributed by atoms with Gasteiger partial charge in [-0.05, 0) is 13.2 Å². The van der Waals surface area contributed by atoms with Gasteiger partial charge in [0.1, 0.15) is 5.02 Å². The average molecular weight is 278 g/mol. The van der Waals surface area contributed by atoms with Crippen molar-refractivity contribution in [3.05, 3.63) is 11.2 Å². The third kappa shape index (κ3) is 4.57. The van der Waals surface area contributed by atoms with E-state index < -0.39 is 5.60 Å². The van der Waals surface area contributed by atoms with E-state index in [1.807, 2.05) is 6.26 Å². The van der Waals surface area contributed by atoms with E-state index in [4.69, 9.17) is 16.3 Å². The van der Waals surface area contributed by atoms with E-state index in [0.29, 0.717) is 23.1 Å². The zero-order chi connectivity index (χ0) is 12.9. The molecule has 0 bridgehead atoms. The van der Waals surface area contributed by atoms with Gasteiger partial charge in [-0.2, -0.15) is 16.7 Å². The summed E-state index contributed by atoms with van der Waals surface area (Å²) in [7, 11) is 1.48. The molecule has 1 unspecified atom stereocenters. The minimum Gasteiger partial charge on any atom is -0.467 e. The predicted molar refractivity (Wildman–Crippen MR) is 71.1 cm³/mol. The Bertz CT molecular complexity index is 377. The second kappa shape index (κ2) is 6.28. The second-order valence-corrected chi connectivity index (χ2v) is 5.11. The van der Waals surface area contributed by atoms with Gasteiger partial charge in [0, 0.05) is 12.3 Å². The van der Waals surface area contributed by atoms with Crippen molar-refractivity contribution < 1.29 is 9.84 Å². The van der Waals surface area contributed by atoms with Crippen LogP contribution in [0.25, 0.3) is 0 Å². The van der Waals surface area contributed by atoms with Crippen LogP contribution in [-0.2, 0) is 0 Å². The Hall–Kier alpha value is -0.720. The van der Waals surface area contributed by atoms with Crippen LogP contribution in [0.5, 0.6) is 6.01 Å². The maximum atomic E-state index is 9.99. The molecule has 0 aliphatic rings. The van der Waals surface area contributed by atoms with E-state index in [1.165, 1.54) is 13.3 Å². The molecule has 1 aromatic rings. The van der Waals surface area contributed by atoms with Gasteiger partial charge >= 0.3 is 6.01 Å². The normalized spacial score (nSPS) is 14.2. The van der Waals surface area contributed by atoms with Gasteiger partial charge < -0.3 is 15.2 Å². The van der Waals surface area contributed by atoms with E-state index in [2.05, 4.69) is 15.3 Å². The number of hydrogen-bond acceptors (Lipinski definition) is 6. The molecule has 0 aliphatic heterocycles. The van der Waals surface area contributed by atoms with Crippen LogP contribution in [0.15, 0.2) is 6.20 Å². The summed E-state index contributed by atoms with van der Waals surface area (Å²) in [5.41, 5.74) is -0.819. The van der Waals surface area contributed by atoms with E-state index >= 15 is 0 Å². The summed E-state index contributed by atoms with van der Waals surface area (Å²) in [4.78, 5) is 7.93. The quantitative estimate of drug-likeness (QED) is 0.824. The number of anilines is 1. The van der Waals surface area contributed by atoms with Crippen LogP contribution in [0, 0.1) is 0 Å². The zero-order valence-corrected chi connectivity index (χ0v) is 11.6. The number of methoxy groups -OCH3 is 1. The van der Waals surface area contributed by atoms with Gasteiger partial charge in [0.15, 0.2) is 5.82 Å². The lowest BCUT2D eigenvalue weighted by Gasteiger charge is -2.23. The topological polar surface area (TPSA) is 67.3 Å². The first kappa shape index (κ1) is 14.3. The number of rotatable bonds is 6. The molecule has 0 fully saturated rings. The highest BCUT2D eigenvalue weighted by atomic mass is 35.5. The fourth-order valence-corrected chi connectivity index (χ4v) is 2.09. The van der Waals surface area contributed by atoms with Crippen molar-refractivity contribution >= 4 is 29.2 Å². The molecule has 17 heavy (non-hydrogen) atoms. The maximum absolute atomic E-state index is 9.99. The lowest BCUT2D eigenvalue weighted by Crippen LogP contribution is -2.36. The van der Waals surface area contributed by atoms with E-state index in [-0.39, 0.29) is 6.01 Å². The van der Waals surface area contributed by atoms with Crippen LogP contribution in [0.3, 0.4) is 0 Å². The summed E-state index contributed by atoms with van der Waals surface area (Å²) >= 11 is 7.50. The highest BCUT2D eigenvalue weighted by molar-refractivity contribution is 7.98. The van der Waals surface area contributed by atoms with E-state index in [0.717, 1.165) is 0 Å².